The van der Waals surface area contributed by atoms with Crippen molar-refractivity contribution in [2.75, 3.05) is 32.8 Å². The standard InChI is InChI=1S/C18H25N3O3.ClH/c22-17(12-16-13-24-11-8-19-16)21-9-6-15(7-10-21)20-18(23)14-4-2-1-3-5-14;/h1-5,15-16,19H,6-13H2,(H,20,23);1H. The van der Waals surface area contributed by atoms with Gasteiger partial charge in [0.05, 0.1) is 13.2 Å². The summed E-state index contributed by atoms with van der Waals surface area (Å²) < 4.78 is 5.39. The van der Waals surface area contributed by atoms with Gasteiger partial charge in [0.15, 0.2) is 0 Å². The number of benzene rings is 1. The number of halogens is 1. The van der Waals surface area contributed by atoms with E-state index >= 15 is 0 Å². The van der Waals surface area contributed by atoms with Crippen LogP contribution >= 0.6 is 12.4 Å². The first-order valence-electron chi connectivity index (χ1n) is 8.67. The zero-order valence-electron chi connectivity index (χ0n) is 14.3. The molecule has 2 fully saturated rings. The van der Waals surface area contributed by atoms with Gasteiger partial charge in [-0.3, -0.25) is 9.59 Å². The maximum absolute atomic E-state index is 12.4. The molecule has 2 amide bonds. The maximum Gasteiger partial charge on any atom is 0.251 e. The first kappa shape index (κ1) is 19.7. The van der Waals surface area contributed by atoms with Crippen molar-refractivity contribution in [2.45, 2.75) is 31.3 Å². The lowest BCUT2D eigenvalue weighted by Gasteiger charge is -2.34. The van der Waals surface area contributed by atoms with Crippen LogP contribution in [0.15, 0.2) is 30.3 Å². The summed E-state index contributed by atoms with van der Waals surface area (Å²) in [5.41, 5.74) is 0.680. The fourth-order valence-electron chi connectivity index (χ4n) is 3.22. The molecule has 0 aromatic heterocycles. The van der Waals surface area contributed by atoms with Crippen LogP contribution in [0.5, 0.6) is 0 Å². The largest absolute Gasteiger partial charge is 0.378 e. The van der Waals surface area contributed by atoms with Crippen molar-refractivity contribution < 1.29 is 14.3 Å². The Hall–Kier alpha value is -1.63. The SMILES string of the molecule is Cl.O=C(NC1CCN(C(=O)CC2COCCN2)CC1)c1ccccc1. The zero-order valence-corrected chi connectivity index (χ0v) is 15.1. The second kappa shape index (κ2) is 9.75. The van der Waals surface area contributed by atoms with Crippen molar-refractivity contribution in [1.82, 2.24) is 15.5 Å². The number of nitrogens with one attached hydrogen (secondary N) is 2. The van der Waals surface area contributed by atoms with Crippen LogP contribution in [-0.4, -0.2) is 61.6 Å². The lowest BCUT2D eigenvalue weighted by molar-refractivity contribution is -0.133. The molecule has 1 aromatic carbocycles. The van der Waals surface area contributed by atoms with E-state index in [0.29, 0.717) is 31.7 Å². The average Bonchev–Trinajstić information content (AvgIpc) is 2.64. The molecular formula is C18H26ClN3O3. The van der Waals surface area contributed by atoms with Crippen molar-refractivity contribution in [1.29, 1.82) is 0 Å². The number of rotatable bonds is 4. The van der Waals surface area contributed by atoms with Crippen LogP contribution in [0.4, 0.5) is 0 Å². The fraction of sp³-hybridized carbons (Fsp3) is 0.556. The van der Waals surface area contributed by atoms with Gasteiger partial charge < -0.3 is 20.3 Å². The number of morpholine rings is 1. The maximum atomic E-state index is 12.4. The number of carbonyl (C=O) groups is 2. The Bertz CT molecular complexity index is 556. The highest BCUT2D eigenvalue weighted by molar-refractivity contribution is 5.94. The molecule has 6 nitrogen and oxygen atoms in total. The summed E-state index contributed by atoms with van der Waals surface area (Å²) in [6.07, 6.45) is 2.10. The Morgan fingerprint density at radius 2 is 1.92 bits per heavy atom. The molecule has 0 spiro atoms. The summed E-state index contributed by atoms with van der Waals surface area (Å²) in [5, 5.41) is 6.38. The van der Waals surface area contributed by atoms with E-state index in [2.05, 4.69) is 10.6 Å². The molecule has 3 rings (SSSR count). The number of carbonyl (C=O) groups excluding carboxylic acids is 2. The molecule has 1 atom stereocenters. The van der Waals surface area contributed by atoms with Crippen LogP contribution in [0.1, 0.15) is 29.6 Å². The average molecular weight is 368 g/mol. The summed E-state index contributed by atoms with van der Waals surface area (Å²) >= 11 is 0. The number of ether oxygens (including phenoxy) is 1. The number of hydrogen-bond donors (Lipinski definition) is 2. The van der Waals surface area contributed by atoms with E-state index in [1.165, 1.54) is 0 Å². The smallest absolute Gasteiger partial charge is 0.251 e. The third-order valence-corrected chi connectivity index (χ3v) is 4.64. The highest BCUT2D eigenvalue weighted by Gasteiger charge is 2.26. The molecule has 2 heterocycles. The van der Waals surface area contributed by atoms with Gasteiger partial charge in [-0.25, -0.2) is 0 Å². The molecule has 2 N–H and O–H groups in total. The van der Waals surface area contributed by atoms with E-state index in [4.69, 9.17) is 4.74 Å². The molecular weight excluding hydrogens is 342 g/mol. The van der Waals surface area contributed by atoms with E-state index in [9.17, 15) is 9.59 Å². The quantitative estimate of drug-likeness (QED) is 0.839. The first-order valence-corrected chi connectivity index (χ1v) is 8.67. The van der Waals surface area contributed by atoms with Gasteiger partial charge >= 0.3 is 0 Å². The van der Waals surface area contributed by atoms with Gasteiger partial charge in [-0.1, -0.05) is 18.2 Å². The predicted octanol–water partition coefficient (Wildman–Crippen LogP) is 1.21. The Balaban J connectivity index is 0.00000225. The van der Waals surface area contributed by atoms with Crippen LogP contribution in [-0.2, 0) is 9.53 Å². The number of hydrogen-bond acceptors (Lipinski definition) is 4. The highest BCUT2D eigenvalue weighted by Crippen LogP contribution is 2.13. The van der Waals surface area contributed by atoms with Crippen molar-refractivity contribution >= 4 is 24.2 Å². The van der Waals surface area contributed by atoms with E-state index in [1.54, 1.807) is 0 Å². The number of nitrogens with zero attached hydrogens (tertiary/aromatic N) is 1. The highest BCUT2D eigenvalue weighted by atomic mass is 35.5. The van der Waals surface area contributed by atoms with Gasteiger partial charge in [0, 0.05) is 43.7 Å². The van der Waals surface area contributed by atoms with E-state index in [1.807, 2.05) is 35.2 Å². The second-order valence-corrected chi connectivity index (χ2v) is 6.42. The third-order valence-electron chi connectivity index (χ3n) is 4.64. The Morgan fingerprint density at radius 1 is 1.20 bits per heavy atom. The Labute approximate surface area is 154 Å². The van der Waals surface area contributed by atoms with E-state index in [0.717, 1.165) is 26.0 Å². The molecule has 1 aromatic rings. The molecule has 2 aliphatic rings. The van der Waals surface area contributed by atoms with Crippen LogP contribution < -0.4 is 10.6 Å². The summed E-state index contributed by atoms with van der Waals surface area (Å²) in [5.74, 6) is 0.134. The minimum atomic E-state index is -0.0380. The summed E-state index contributed by atoms with van der Waals surface area (Å²) in [6, 6.07) is 9.51. The van der Waals surface area contributed by atoms with E-state index in [-0.39, 0.29) is 36.3 Å². The van der Waals surface area contributed by atoms with Crippen LogP contribution in [0.2, 0.25) is 0 Å². The minimum absolute atomic E-state index is 0. The number of amides is 2. The number of likely N-dealkylation sites (tertiary alicyclic amines) is 1. The normalized spacial score (nSPS) is 21.3. The molecule has 7 heteroatoms. The van der Waals surface area contributed by atoms with Crippen molar-refractivity contribution in [3.8, 4) is 0 Å². The molecule has 1 unspecified atom stereocenters. The van der Waals surface area contributed by atoms with Gasteiger partial charge in [-0.05, 0) is 25.0 Å². The summed E-state index contributed by atoms with van der Waals surface area (Å²) in [7, 11) is 0. The van der Waals surface area contributed by atoms with Crippen molar-refractivity contribution in [2.24, 2.45) is 0 Å². The van der Waals surface area contributed by atoms with Gasteiger partial charge in [0.1, 0.15) is 0 Å². The van der Waals surface area contributed by atoms with Gasteiger partial charge in [0.2, 0.25) is 5.91 Å². The molecule has 0 radical (unpaired) electrons. The lowest BCUT2D eigenvalue weighted by Crippen LogP contribution is -2.49. The lowest BCUT2D eigenvalue weighted by atomic mass is 10.0. The third kappa shape index (κ3) is 5.70. The molecule has 0 saturated carbocycles. The van der Waals surface area contributed by atoms with E-state index < -0.39 is 0 Å². The zero-order chi connectivity index (χ0) is 16.8. The van der Waals surface area contributed by atoms with Gasteiger partial charge in [-0.2, -0.15) is 0 Å². The summed E-state index contributed by atoms with van der Waals surface area (Å²) in [4.78, 5) is 26.4. The molecule has 0 bridgehead atoms. The second-order valence-electron chi connectivity index (χ2n) is 6.42. The first-order chi connectivity index (χ1) is 11.7. The molecule has 25 heavy (non-hydrogen) atoms. The molecule has 0 aliphatic carbocycles. The van der Waals surface area contributed by atoms with Crippen LogP contribution in [0.25, 0.3) is 0 Å². The van der Waals surface area contributed by atoms with Gasteiger partial charge in [-0.15, -0.1) is 12.4 Å². The number of piperidine rings is 1. The topological polar surface area (TPSA) is 70.7 Å². The van der Waals surface area contributed by atoms with Crippen LogP contribution in [0.3, 0.4) is 0 Å². The fourth-order valence-corrected chi connectivity index (χ4v) is 3.22. The summed E-state index contributed by atoms with van der Waals surface area (Å²) in [6.45, 7) is 3.54. The van der Waals surface area contributed by atoms with Crippen LogP contribution in [0, 0.1) is 0 Å². The van der Waals surface area contributed by atoms with Gasteiger partial charge in [0.25, 0.3) is 5.91 Å². The van der Waals surface area contributed by atoms with Crippen molar-refractivity contribution in [3.05, 3.63) is 35.9 Å². The Kier molecular flexibility index (Phi) is 7.68. The van der Waals surface area contributed by atoms with Crippen molar-refractivity contribution in [3.63, 3.8) is 0 Å². The minimum Gasteiger partial charge on any atom is -0.378 e. The molecule has 2 aliphatic heterocycles. The Morgan fingerprint density at radius 3 is 2.56 bits per heavy atom. The monoisotopic (exact) mass is 367 g/mol. The predicted molar refractivity (Wildman–Crippen MR) is 98.0 cm³/mol. The molecule has 2 saturated heterocycles. The molecule has 138 valence electrons.